The van der Waals surface area contributed by atoms with Gasteiger partial charge in [-0.3, -0.25) is 0 Å². The van der Waals surface area contributed by atoms with Gasteiger partial charge in [-0.1, -0.05) is 6.08 Å². The molecule has 2 unspecified atom stereocenters. The molecule has 0 saturated carbocycles. The predicted molar refractivity (Wildman–Crippen MR) is 64.7 cm³/mol. The molecule has 1 aliphatic heterocycles. The third-order valence-electron chi connectivity index (χ3n) is 2.95. The van der Waals surface area contributed by atoms with Crippen LogP contribution in [0.4, 0.5) is 5.95 Å². The number of ether oxygens (including phenoxy) is 1. The standard InChI is InChI=1S/C12H19N3O/c1-4-6-13-12-14-9(2)8-15(12)11-5-7-16-10(11)3/h4,8,10-11H,1,5-7H2,2-3H3,(H,13,14). The van der Waals surface area contributed by atoms with Crippen molar-refractivity contribution in [2.45, 2.75) is 32.4 Å². The number of nitrogens with zero attached hydrogens (tertiary/aromatic N) is 2. The van der Waals surface area contributed by atoms with Gasteiger partial charge in [-0.05, 0) is 20.3 Å². The van der Waals surface area contributed by atoms with Crippen molar-refractivity contribution in [2.24, 2.45) is 0 Å². The van der Waals surface area contributed by atoms with E-state index in [1.54, 1.807) is 0 Å². The zero-order valence-corrected chi connectivity index (χ0v) is 9.94. The molecule has 1 saturated heterocycles. The van der Waals surface area contributed by atoms with E-state index >= 15 is 0 Å². The van der Waals surface area contributed by atoms with Gasteiger partial charge in [0.1, 0.15) is 0 Å². The second-order valence-corrected chi connectivity index (χ2v) is 4.21. The van der Waals surface area contributed by atoms with Crippen molar-refractivity contribution in [3.05, 3.63) is 24.5 Å². The van der Waals surface area contributed by atoms with Gasteiger partial charge in [0, 0.05) is 19.3 Å². The van der Waals surface area contributed by atoms with Crippen LogP contribution in [0.1, 0.15) is 25.1 Å². The highest BCUT2D eigenvalue weighted by molar-refractivity contribution is 5.30. The molecule has 1 aromatic rings. The molecular formula is C12H19N3O. The topological polar surface area (TPSA) is 39.1 Å². The van der Waals surface area contributed by atoms with Gasteiger partial charge in [0.15, 0.2) is 0 Å². The molecular weight excluding hydrogens is 202 g/mol. The van der Waals surface area contributed by atoms with Crippen molar-refractivity contribution in [1.29, 1.82) is 0 Å². The van der Waals surface area contributed by atoms with Crippen LogP contribution in [-0.2, 0) is 4.74 Å². The summed E-state index contributed by atoms with van der Waals surface area (Å²) in [6, 6.07) is 0.397. The Labute approximate surface area is 96.3 Å². The average Bonchev–Trinajstić information content (AvgIpc) is 2.81. The number of anilines is 1. The van der Waals surface area contributed by atoms with Gasteiger partial charge >= 0.3 is 0 Å². The Morgan fingerprint density at radius 1 is 1.75 bits per heavy atom. The van der Waals surface area contributed by atoms with Gasteiger partial charge in [-0.2, -0.15) is 0 Å². The molecule has 4 nitrogen and oxygen atoms in total. The summed E-state index contributed by atoms with van der Waals surface area (Å²) in [4.78, 5) is 4.48. The first-order chi connectivity index (χ1) is 7.72. The first-order valence-corrected chi connectivity index (χ1v) is 5.74. The number of imidazole rings is 1. The van der Waals surface area contributed by atoms with Gasteiger partial charge in [-0.25, -0.2) is 4.98 Å². The summed E-state index contributed by atoms with van der Waals surface area (Å²) in [5.41, 5.74) is 1.03. The largest absolute Gasteiger partial charge is 0.376 e. The summed E-state index contributed by atoms with van der Waals surface area (Å²) in [7, 11) is 0. The van der Waals surface area contributed by atoms with Crippen LogP contribution in [0.15, 0.2) is 18.9 Å². The predicted octanol–water partition coefficient (Wildman–Crippen LogP) is 2.14. The Bertz CT molecular complexity index is 372. The van der Waals surface area contributed by atoms with Crippen LogP contribution in [0.25, 0.3) is 0 Å². The van der Waals surface area contributed by atoms with Crippen molar-refractivity contribution in [3.8, 4) is 0 Å². The first kappa shape index (κ1) is 11.2. The smallest absolute Gasteiger partial charge is 0.203 e. The van der Waals surface area contributed by atoms with Gasteiger partial charge < -0.3 is 14.6 Å². The van der Waals surface area contributed by atoms with Crippen LogP contribution in [0.3, 0.4) is 0 Å². The molecule has 0 aromatic carbocycles. The molecule has 1 aliphatic rings. The fraction of sp³-hybridized carbons (Fsp3) is 0.583. The lowest BCUT2D eigenvalue weighted by molar-refractivity contribution is 0.108. The van der Waals surface area contributed by atoms with E-state index in [0.717, 1.165) is 31.2 Å². The van der Waals surface area contributed by atoms with Crippen LogP contribution in [0, 0.1) is 6.92 Å². The van der Waals surface area contributed by atoms with Gasteiger partial charge in [0.05, 0.1) is 17.8 Å². The average molecular weight is 221 g/mol. The van der Waals surface area contributed by atoms with Crippen molar-refractivity contribution < 1.29 is 4.74 Å². The molecule has 1 fully saturated rings. The van der Waals surface area contributed by atoms with E-state index in [1.165, 1.54) is 0 Å². The molecule has 0 amide bonds. The maximum atomic E-state index is 5.59. The highest BCUT2D eigenvalue weighted by atomic mass is 16.5. The summed E-state index contributed by atoms with van der Waals surface area (Å²) in [6.07, 6.45) is 5.24. The van der Waals surface area contributed by atoms with Crippen molar-refractivity contribution in [1.82, 2.24) is 9.55 Å². The molecule has 4 heteroatoms. The maximum Gasteiger partial charge on any atom is 0.203 e. The number of rotatable bonds is 4. The van der Waals surface area contributed by atoms with Crippen molar-refractivity contribution in [2.75, 3.05) is 18.5 Å². The lowest BCUT2D eigenvalue weighted by Gasteiger charge is -2.18. The second-order valence-electron chi connectivity index (χ2n) is 4.21. The molecule has 0 aliphatic carbocycles. The summed E-state index contributed by atoms with van der Waals surface area (Å²) < 4.78 is 7.78. The summed E-state index contributed by atoms with van der Waals surface area (Å²) in [6.45, 7) is 9.40. The normalized spacial score (nSPS) is 24.6. The van der Waals surface area contributed by atoms with Gasteiger partial charge in [0.25, 0.3) is 0 Å². The molecule has 1 aromatic heterocycles. The van der Waals surface area contributed by atoms with E-state index in [0.29, 0.717) is 6.04 Å². The van der Waals surface area contributed by atoms with E-state index in [1.807, 2.05) is 13.0 Å². The number of hydrogen-bond acceptors (Lipinski definition) is 3. The van der Waals surface area contributed by atoms with Crippen LogP contribution in [0.2, 0.25) is 0 Å². The second kappa shape index (κ2) is 4.70. The Balaban J connectivity index is 2.21. The third kappa shape index (κ3) is 2.11. The Morgan fingerprint density at radius 2 is 2.56 bits per heavy atom. The van der Waals surface area contributed by atoms with E-state index in [2.05, 4.69) is 34.6 Å². The molecule has 2 atom stereocenters. The molecule has 0 spiro atoms. The molecule has 1 N–H and O–H groups in total. The molecule has 0 radical (unpaired) electrons. The SMILES string of the molecule is C=CCNc1nc(C)cn1C1CCOC1C. The fourth-order valence-electron chi connectivity index (χ4n) is 2.15. The van der Waals surface area contributed by atoms with E-state index in [9.17, 15) is 0 Å². The molecule has 2 heterocycles. The molecule has 88 valence electrons. The molecule has 0 bridgehead atoms. The molecule has 2 rings (SSSR count). The zero-order chi connectivity index (χ0) is 11.5. The monoisotopic (exact) mass is 221 g/mol. The van der Waals surface area contributed by atoms with Crippen LogP contribution in [0.5, 0.6) is 0 Å². The summed E-state index contributed by atoms with van der Waals surface area (Å²) in [5.74, 6) is 0.916. The lowest BCUT2D eigenvalue weighted by atomic mass is 10.1. The highest BCUT2D eigenvalue weighted by Crippen LogP contribution is 2.28. The highest BCUT2D eigenvalue weighted by Gasteiger charge is 2.27. The van der Waals surface area contributed by atoms with E-state index in [-0.39, 0.29) is 6.10 Å². The van der Waals surface area contributed by atoms with Crippen LogP contribution >= 0.6 is 0 Å². The molecule has 16 heavy (non-hydrogen) atoms. The number of aromatic nitrogens is 2. The summed E-state index contributed by atoms with van der Waals surface area (Å²) in [5, 5.41) is 3.26. The maximum absolute atomic E-state index is 5.59. The Hall–Kier alpha value is -1.29. The first-order valence-electron chi connectivity index (χ1n) is 5.74. The third-order valence-corrected chi connectivity index (χ3v) is 2.95. The number of hydrogen-bond donors (Lipinski definition) is 1. The van der Waals surface area contributed by atoms with Crippen molar-refractivity contribution in [3.63, 3.8) is 0 Å². The fourth-order valence-corrected chi connectivity index (χ4v) is 2.15. The minimum absolute atomic E-state index is 0.262. The van der Waals surface area contributed by atoms with E-state index in [4.69, 9.17) is 4.74 Å². The van der Waals surface area contributed by atoms with Crippen molar-refractivity contribution >= 4 is 5.95 Å². The quantitative estimate of drug-likeness (QED) is 0.792. The lowest BCUT2D eigenvalue weighted by Crippen LogP contribution is -2.18. The zero-order valence-electron chi connectivity index (χ0n) is 9.94. The van der Waals surface area contributed by atoms with Crippen LogP contribution in [-0.4, -0.2) is 28.8 Å². The van der Waals surface area contributed by atoms with E-state index < -0.39 is 0 Å². The Kier molecular flexibility index (Phi) is 3.29. The minimum atomic E-state index is 0.262. The van der Waals surface area contributed by atoms with Gasteiger partial charge in [-0.15, -0.1) is 6.58 Å². The minimum Gasteiger partial charge on any atom is -0.376 e. The summed E-state index contributed by atoms with van der Waals surface area (Å²) >= 11 is 0. The van der Waals surface area contributed by atoms with Gasteiger partial charge in [0.2, 0.25) is 5.95 Å². The van der Waals surface area contributed by atoms with Crippen LogP contribution < -0.4 is 5.32 Å². The number of nitrogens with one attached hydrogen (secondary N) is 1. The number of aryl methyl sites for hydroxylation is 1. The Morgan fingerprint density at radius 3 is 3.19 bits per heavy atom.